The van der Waals surface area contributed by atoms with E-state index in [0.29, 0.717) is 6.54 Å². The molecule has 0 atom stereocenters. The number of hydrogen-bond donors (Lipinski definition) is 1. The maximum atomic E-state index is 11.2. The molecule has 1 rings (SSSR count). The van der Waals surface area contributed by atoms with Crippen molar-refractivity contribution >= 4 is 11.9 Å². The molecule has 2 N–H and O–H groups in total. The molecule has 3 amide bonds. The number of urea groups is 1. The molecule has 1 aliphatic heterocycles. The Labute approximate surface area is 65.3 Å². The van der Waals surface area contributed by atoms with Gasteiger partial charge in [0.05, 0.1) is 5.92 Å². The van der Waals surface area contributed by atoms with Crippen LogP contribution in [0.4, 0.5) is 4.79 Å². The third-order valence-corrected chi connectivity index (χ3v) is 1.81. The van der Waals surface area contributed by atoms with Gasteiger partial charge in [0, 0.05) is 6.54 Å². The Kier molecular flexibility index (Phi) is 2.12. The van der Waals surface area contributed by atoms with Crippen LogP contribution in [0.15, 0.2) is 0 Å². The summed E-state index contributed by atoms with van der Waals surface area (Å²) in [6, 6.07) is -0.644. The van der Waals surface area contributed by atoms with E-state index >= 15 is 0 Å². The van der Waals surface area contributed by atoms with E-state index in [-0.39, 0.29) is 5.91 Å². The average molecular weight is 155 g/mol. The zero-order valence-corrected chi connectivity index (χ0v) is 6.46. The van der Waals surface area contributed by atoms with Gasteiger partial charge in [-0.15, -0.1) is 0 Å². The summed E-state index contributed by atoms with van der Waals surface area (Å²) in [4.78, 5) is 22.9. The van der Waals surface area contributed by atoms with Crippen LogP contribution in [-0.4, -0.2) is 23.4 Å². The van der Waals surface area contributed by atoms with E-state index in [2.05, 4.69) is 0 Å². The molecule has 1 aliphatic rings. The van der Waals surface area contributed by atoms with Crippen LogP contribution < -0.4 is 5.73 Å². The molecule has 0 bridgehead atoms. The number of nitrogens with two attached hydrogens (primary N) is 1. The van der Waals surface area contributed by atoms with Gasteiger partial charge < -0.3 is 5.73 Å². The van der Waals surface area contributed by atoms with Gasteiger partial charge in [0.25, 0.3) is 0 Å². The minimum Gasteiger partial charge on any atom is -0.351 e. The number of nitrogens with zero attached hydrogens (tertiary/aromatic N) is 1. The second kappa shape index (κ2) is 2.90. The molecule has 4 heteroatoms. The summed E-state index contributed by atoms with van der Waals surface area (Å²) in [6.07, 6.45) is 1.61. The van der Waals surface area contributed by atoms with E-state index < -0.39 is 6.03 Å². The van der Waals surface area contributed by atoms with E-state index in [1.165, 1.54) is 0 Å². The highest BCUT2D eigenvalue weighted by molar-refractivity contribution is 6.01. The van der Waals surface area contributed by atoms with Crippen LogP contribution in [0.3, 0.4) is 0 Å². The Hall–Kier alpha value is -1.06. The predicted octanol–water partition coefficient (Wildman–Crippen LogP) is 0.282. The first-order valence-electron chi connectivity index (χ1n) is 3.56. The molecule has 1 saturated heterocycles. The zero-order chi connectivity index (χ0) is 8.43. The van der Waals surface area contributed by atoms with Gasteiger partial charge in [0.1, 0.15) is 0 Å². The number of hydrogen-bond acceptors (Lipinski definition) is 2. The maximum absolute atomic E-state index is 11.2. The first-order valence-corrected chi connectivity index (χ1v) is 3.56. The van der Waals surface area contributed by atoms with Crippen LogP contribution >= 0.6 is 0 Å². The van der Waals surface area contributed by atoms with Gasteiger partial charge in [-0.25, -0.2) is 4.79 Å². The topological polar surface area (TPSA) is 63.4 Å². The van der Waals surface area contributed by atoms with Crippen LogP contribution in [-0.2, 0) is 4.79 Å². The molecule has 0 aliphatic carbocycles. The van der Waals surface area contributed by atoms with Crippen molar-refractivity contribution in [2.45, 2.75) is 19.8 Å². The van der Waals surface area contributed by atoms with E-state index in [4.69, 9.17) is 5.73 Å². The fourth-order valence-electron chi connectivity index (χ4n) is 1.15. The standard InChI is InChI=1S/C7H11N2O2/c1-5-3-2-4-9(6(5)10)7(8)11/h2-4H2,1H3,(H2,8,11). The van der Waals surface area contributed by atoms with E-state index in [1.807, 2.05) is 0 Å². The number of carbonyl (C=O) groups is 2. The molecule has 0 aromatic heterocycles. The molecule has 0 aromatic carbocycles. The lowest BCUT2D eigenvalue weighted by molar-refractivity contribution is -0.127. The summed E-state index contributed by atoms with van der Waals surface area (Å²) in [7, 11) is 0. The summed E-state index contributed by atoms with van der Waals surface area (Å²) in [6.45, 7) is 2.20. The van der Waals surface area contributed by atoms with Crippen LogP contribution in [0.5, 0.6) is 0 Å². The van der Waals surface area contributed by atoms with Crippen molar-refractivity contribution in [2.75, 3.05) is 6.54 Å². The quantitative estimate of drug-likeness (QED) is 0.546. The van der Waals surface area contributed by atoms with Gasteiger partial charge >= 0.3 is 6.03 Å². The fourth-order valence-corrected chi connectivity index (χ4v) is 1.15. The second-order valence-corrected chi connectivity index (χ2v) is 2.68. The fraction of sp³-hybridized carbons (Fsp3) is 0.571. The number of carbonyl (C=O) groups excluding carboxylic acids is 2. The van der Waals surface area contributed by atoms with E-state index in [0.717, 1.165) is 23.7 Å². The Bertz CT molecular complexity index is 191. The number of likely N-dealkylation sites (tertiary alicyclic amines) is 1. The molecule has 4 nitrogen and oxygen atoms in total. The molecule has 0 spiro atoms. The SMILES string of the molecule is C[C]1CCCN(C(N)=O)C1=O. The Balaban J connectivity index is 2.66. The Morgan fingerprint density at radius 1 is 1.64 bits per heavy atom. The number of piperidine rings is 1. The average Bonchev–Trinajstić information content (AvgIpc) is 1.94. The molecule has 11 heavy (non-hydrogen) atoms. The zero-order valence-electron chi connectivity index (χ0n) is 6.46. The maximum Gasteiger partial charge on any atom is 0.321 e. The van der Waals surface area contributed by atoms with Crippen molar-refractivity contribution in [3.05, 3.63) is 5.92 Å². The Morgan fingerprint density at radius 2 is 2.27 bits per heavy atom. The van der Waals surface area contributed by atoms with Gasteiger partial charge in [-0.2, -0.15) is 0 Å². The third kappa shape index (κ3) is 1.50. The lowest BCUT2D eigenvalue weighted by Gasteiger charge is -2.26. The van der Waals surface area contributed by atoms with Gasteiger partial charge in [0.2, 0.25) is 5.91 Å². The largest absolute Gasteiger partial charge is 0.351 e. The molecule has 1 heterocycles. The number of amides is 3. The Morgan fingerprint density at radius 3 is 2.73 bits per heavy atom. The number of imide groups is 1. The molecule has 0 aromatic rings. The van der Waals surface area contributed by atoms with E-state index in [9.17, 15) is 9.59 Å². The van der Waals surface area contributed by atoms with Crippen molar-refractivity contribution in [1.82, 2.24) is 4.90 Å². The molecule has 1 radical (unpaired) electrons. The lowest BCUT2D eigenvalue weighted by atomic mass is 10.00. The normalized spacial score (nSPS) is 20.5. The monoisotopic (exact) mass is 155 g/mol. The van der Waals surface area contributed by atoms with Gasteiger partial charge in [-0.05, 0) is 19.8 Å². The minimum absolute atomic E-state index is 0.219. The summed E-state index contributed by atoms with van der Waals surface area (Å²) >= 11 is 0. The van der Waals surface area contributed by atoms with Gasteiger partial charge in [0.15, 0.2) is 0 Å². The highest BCUT2D eigenvalue weighted by atomic mass is 16.2. The molecule has 61 valence electrons. The highest BCUT2D eigenvalue weighted by Crippen LogP contribution is 2.18. The van der Waals surface area contributed by atoms with Gasteiger partial charge in [-0.1, -0.05) is 0 Å². The molecule has 0 saturated carbocycles. The second-order valence-electron chi connectivity index (χ2n) is 2.68. The summed E-state index contributed by atoms with van der Waals surface area (Å²) < 4.78 is 0. The summed E-state index contributed by atoms with van der Waals surface area (Å²) in [5, 5.41) is 0. The lowest BCUT2D eigenvalue weighted by Crippen LogP contribution is -2.46. The molecule has 1 fully saturated rings. The van der Waals surface area contributed by atoms with Crippen molar-refractivity contribution in [3.8, 4) is 0 Å². The first kappa shape index (κ1) is 8.04. The smallest absolute Gasteiger partial charge is 0.321 e. The van der Waals surface area contributed by atoms with Crippen molar-refractivity contribution in [1.29, 1.82) is 0 Å². The predicted molar refractivity (Wildman–Crippen MR) is 39.4 cm³/mol. The summed E-state index contributed by atoms with van der Waals surface area (Å²) in [5.41, 5.74) is 4.97. The van der Waals surface area contributed by atoms with Crippen molar-refractivity contribution in [2.24, 2.45) is 5.73 Å². The van der Waals surface area contributed by atoms with Crippen LogP contribution in [0.2, 0.25) is 0 Å². The third-order valence-electron chi connectivity index (χ3n) is 1.81. The van der Waals surface area contributed by atoms with Gasteiger partial charge in [-0.3, -0.25) is 9.69 Å². The highest BCUT2D eigenvalue weighted by Gasteiger charge is 2.28. The van der Waals surface area contributed by atoms with E-state index in [1.54, 1.807) is 6.92 Å². The molecule has 0 unspecified atom stereocenters. The number of rotatable bonds is 0. The van der Waals surface area contributed by atoms with Crippen molar-refractivity contribution < 1.29 is 9.59 Å². The van der Waals surface area contributed by atoms with Crippen LogP contribution in [0, 0.1) is 5.92 Å². The molecular formula is C7H11N2O2. The van der Waals surface area contributed by atoms with Crippen LogP contribution in [0.1, 0.15) is 19.8 Å². The summed E-state index contributed by atoms with van der Waals surface area (Å²) in [5.74, 6) is 0.499. The van der Waals surface area contributed by atoms with Crippen LogP contribution in [0.25, 0.3) is 0 Å². The first-order chi connectivity index (χ1) is 5.13. The number of primary amides is 1. The molecular weight excluding hydrogens is 144 g/mol. The minimum atomic E-state index is -0.644. The van der Waals surface area contributed by atoms with Crippen molar-refractivity contribution in [3.63, 3.8) is 0 Å².